The van der Waals surface area contributed by atoms with E-state index in [4.69, 9.17) is 23.2 Å². The van der Waals surface area contributed by atoms with E-state index >= 15 is 0 Å². The molecule has 0 unspecified atom stereocenters. The molecule has 138 valence electrons. The third kappa shape index (κ3) is 4.86. The molecule has 0 saturated carbocycles. The van der Waals surface area contributed by atoms with E-state index in [1.165, 1.54) is 6.33 Å². The van der Waals surface area contributed by atoms with Gasteiger partial charge in [-0.05, 0) is 42.9 Å². The Labute approximate surface area is 163 Å². The second-order valence-electron chi connectivity index (χ2n) is 6.67. The maximum Gasteiger partial charge on any atom is 0.270 e. The van der Waals surface area contributed by atoms with Gasteiger partial charge in [-0.25, -0.2) is 9.97 Å². The Balaban J connectivity index is 1.57. The lowest BCUT2D eigenvalue weighted by atomic mass is 9.99. The molecular formula is C19H22Cl2N4O. The number of carbonyl (C=O) groups excluding carboxylic acids is 1. The topological polar surface area (TPSA) is 58.1 Å². The van der Waals surface area contributed by atoms with Crippen LogP contribution in [0.4, 0.5) is 5.82 Å². The molecule has 0 radical (unpaired) electrons. The Morgan fingerprint density at radius 2 is 2.00 bits per heavy atom. The van der Waals surface area contributed by atoms with Crippen molar-refractivity contribution in [2.75, 3.05) is 24.5 Å². The van der Waals surface area contributed by atoms with E-state index in [1.807, 2.05) is 6.07 Å². The number of anilines is 1. The van der Waals surface area contributed by atoms with Crippen LogP contribution in [0.5, 0.6) is 0 Å². The van der Waals surface area contributed by atoms with Crippen molar-refractivity contribution in [1.29, 1.82) is 0 Å². The van der Waals surface area contributed by atoms with Crippen molar-refractivity contribution in [3.8, 4) is 0 Å². The first-order chi connectivity index (χ1) is 12.5. The molecular weight excluding hydrogens is 371 g/mol. The third-order valence-electron chi connectivity index (χ3n) is 4.69. The number of piperidine rings is 1. The lowest BCUT2D eigenvalue weighted by molar-refractivity contribution is 0.0949. The highest BCUT2D eigenvalue weighted by molar-refractivity contribution is 6.35. The molecule has 0 atom stereocenters. The molecule has 0 spiro atoms. The van der Waals surface area contributed by atoms with Gasteiger partial charge in [0, 0.05) is 35.7 Å². The average Bonchev–Trinajstić information content (AvgIpc) is 2.64. The maximum atomic E-state index is 12.4. The van der Waals surface area contributed by atoms with Gasteiger partial charge >= 0.3 is 0 Å². The number of rotatable bonds is 5. The van der Waals surface area contributed by atoms with Crippen LogP contribution >= 0.6 is 23.2 Å². The molecule has 1 aliphatic rings. The SMILES string of the molecule is CC1CCN(c2cc(C(=O)NCCc3ccc(Cl)cc3Cl)ncn2)CC1. The van der Waals surface area contributed by atoms with Crippen LogP contribution in [0.2, 0.25) is 10.0 Å². The molecule has 1 N–H and O–H groups in total. The van der Waals surface area contributed by atoms with E-state index in [9.17, 15) is 4.79 Å². The Morgan fingerprint density at radius 3 is 2.73 bits per heavy atom. The van der Waals surface area contributed by atoms with E-state index in [1.54, 1.807) is 18.2 Å². The summed E-state index contributed by atoms with van der Waals surface area (Å²) in [4.78, 5) is 23.0. The van der Waals surface area contributed by atoms with Crippen LogP contribution in [0.25, 0.3) is 0 Å². The van der Waals surface area contributed by atoms with Crippen LogP contribution in [0.3, 0.4) is 0 Å². The van der Waals surface area contributed by atoms with Gasteiger partial charge in [0.15, 0.2) is 0 Å². The highest BCUT2D eigenvalue weighted by Crippen LogP contribution is 2.22. The summed E-state index contributed by atoms with van der Waals surface area (Å²) in [6.45, 7) is 4.67. The molecule has 1 amide bonds. The van der Waals surface area contributed by atoms with Gasteiger partial charge in [-0.3, -0.25) is 4.79 Å². The number of hydrogen-bond donors (Lipinski definition) is 1. The lowest BCUT2D eigenvalue weighted by Gasteiger charge is -2.31. The number of nitrogens with one attached hydrogen (secondary N) is 1. The van der Waals surface area contributed by atoms with Crippen molar-refractivity contribution < 1.29 is 4.79 Å². The van der Waals surface area contributed by atoms with Gasteiger partial charge in [-0.1, -0.05) is 36.2 Å². The van der Waals surface area contributed by atoms with Gasteiger partial charge in [-0.2, -0.15) is 0 Å². The fraction of sp³-hybridized carbons (Fsp3) is 0.421. The average molecular weight is 393 g/mol. The van der Waals surface area contributed by atoms with Crippen LogP contribution in [-0.2, 0) is 6.42 Å². The highest BCUT2D eigenvalue weighted by Gasteiger charge is 2.18. The maximum absolute atomic E-state index is 12.4. The minimum absolute atomic E-state index is 0.205. The van der Waals surface area contributed by atoms with E-state index in [2.05, 4.69) is 27.1 Å². The van der Waals surface area contributed by atoms with Crippen molar-refractivity contribution in [3.63, 3.8) is 0 Å². The fourth-order valence-electron chi connectivity index (χ4n) is 3.01. The molecule has 1 saturated heterocycles. The van der Waals surface area contributed by atoms with Crippen LogP contribution in [0.1, 0.15) is 35.8 Å². The normalized spacial score (nSPS) is 15.1. The predicted octanol–water partition coefficient (Wildman–Crippen LogP) is 3.99. The number of amides is 1. The fourth-order valence-corrected chi connectivity index (χ4v) is 3.51. The number of nitrogens with zero attached hydrogens (tertiary/aromatic N) is 3. The molecule has 1 aliphatic heterocycles. The van der Waals surface area contributed by atoms with Crippen molar-refractivity contribution in [2.45, 2.75) is 26.2 Å². The van der Waals surface area contributed by atoms with E-state index in [0.29, 0.717) is 28.7 Å². The molecule has 0 aliphatic carbocycles. The van der Waals surface area contributed by atoms with Crippen molar-refractivity contribution in [2.24, 2.45) is 5.92 Å². The van der Waals surface area contributed by atoms with Crippen LogP contribution in [-0.4, -0.2) is 35.5 Å². The minimum atomic E-state index is -0.205. The van der Waals surface area contributed by atoms with Gasteiger partial charge in [0.2, 0.25) is 0 Å². The van der Waals surface area contributed by atoms with Crippen molar-refractivity contribution in [1.82, 2.24) is 15.3 Å². The van der Waals surface area contributed by atoms with Crippen molar-refractivity contribution in [3.05, 3.63) is 51.9 Å². The number of aromatic nitrogens is 2. The van der Waals surface area contributed by atoms with E-state index in [-0.39, 0.29) is 5.91 Å². The smallest absolute Gasteiger partial charge is 0.270 e. The number of benzene rings is 1. The van der Waals surface area contributed by atoms with E-state index < -0.39 is 0 Å². The van der Waals surface area contributed by atoms with Gasteiger partial charge in [0.1, 0.15) is 17.8 Å². The highest BCUT2D eigenvalue weighted by atomic mass is 35.5. The minimum Gasteiger partial charge on any atom is -0.356 e. The summed E-state index contributed by atoms with van der Waals surface area (Å²) in [6, 6.07) is 7.13. The standard InChI is InChI=1S/C19H22Cl2N4O/c1-13-5-8-25(9-6-13)18-11-17(23-12-24-18)19(26)22-7-4-14-2-3-15(20)10-16(14)21/h2-3,10-13H,4-9H2,1H3,(H,22,26). The zero-order valence-electron chi connectivity index (χ0n) is 14.7. The first kappa shape index (κ1) is 18.9. The third-order valence-corrected chi connectivity index (χ3v) is 5.27. The molecule has 5 nitrogen and oxygen atoms in total. The zero-order chi connectivity index (χ0) is 18.5. The molecule has 1 aromatic heterocycles. The Bertz CT molecular complexity index is 776. The van der Waals surface area contributed by atoms with Crippen LogP contribution in [0.15, 0.2) is 30.6 Å². The van der Waals surface area contributed by atoms with Crippen LogP contribution in [0, 0.1) is 5.92 Å². The lowest BCUT2D eigenvalue weighted by Crippen LogP contribution is -2.34. The molecule has 26 heavy (non-hydrogen) atoms. The zero-order valence-corrected chi connectivity index (χ0v) is 16.2. The van der Waals surface area contributed by atoms with Gasteiger partial charge in [-0.15, -0.1) is 0 Å². The van der Waals surface area contributed by atoms with Gasteiger partial charge in [0.05, 0.1) is 0 Å². The van der Waals surface area contributed by atoms with Gasteiger partial charge in [0.25, 0.3) is 5.91 Å². The first-order valence-corrected chi connectivity index (χ1v) is 9.57. The van der Waals surface area contributed by atoms with Gasteiger partial charge < -0.3 is 10.2 Å². The molecule has 2 aromatic rings. The molecule has 7 heteroatoms. The number of hydrogen-bond acceptors (Lipinski definition) is 4. The second kappa shape index (κ2) is 8.69. The molecule has 1 fully saturated rings. The quantitative estimate of drug-likeness (QED) is 0.835. The van der Waals surface area contributed by atoms with Crippen LogP contribution < -0.4 is 10.2 Å². The van der Waals surface area contributed by atoms with E-state index in [0.717, 1.165) is 43.2 Å². The summed E-state index contributed by atoms with van der Waals surface area (Å²) >= 11 is 12.1. The summed E-state index contributed by atoms with van der Waals surface area (Å²) < 4.78 is 0. The summed E-state index contributed by atoms with van der Waals surface area (Å²) in [5.74, 6) is 1.36. The first-order valence-electron chi connectivity index (χ1n) is 8.82. The molecule has 1 aromatic carbocycles. The summed E-state index contributed by atoms with van der Waals surface area (Å²) in [5, 5.41) is 4.09. The Hall–Kier alpha value is -1.85. The number of halogens is 2. The predicted molar refractivity (Wildman–Crippen MR) is 105 cm³/mol. The number of carbonyl (C=O) groups is 1. The molecule has 3 rings (SSSR count). The summed E-state index contributed by atoms with van der Waals surface area (Å²) in [7, 11) is 0. The monoisotopic (exact) mass is 392 g/mol. The Kier molecular flexibility index (Phi) is 6.33. The molecule has 2 heterocycles. The molecule has 0 bridgehead atoms. The Morgan fingerprint density at radius 1 is 1.23 bits per heavy atom. The summed E-state index contributed by atoms with van der Waals surface area (Å²) in [6.07, 6.45) is 4.38. The second-order valence-corrected chi connectivity index (χ2v) is 7.52. The largest absolute Gasteiger partial charge is 0.356 e. The van der Waals surface area contributed by atoms with Crippen molar-refractivity contribution >= 4 is 34.9 Å². The summed E-state index contributed by atoms with van der Waals surface area (Å²) in [5.41, 5.74) is 1.33.